The van der Waals surface area contributed by atoms with Crippen molar-refractivity contribution in [3.63, 3.8) is 0 Å². The summed E-state index contributed by atoms with van der Waals surface area (Å²) in [6.45, 7) is 0. The Bertz CT molecular complexity index is 412. The molecule has 0 aliphatic carbocycles. The fourth-order valence-corrected chi connectivity index (χ4v) is 2.74. The summed E-state index contributed by atoms with van der Waals surface area (Å²) >= 11 is 1.91. The molecule has 0 spiro atoms. The Morgan fingerprint density at radius 2 is 2.25 bits per heavy atom. The number of aromatic nitrogens is 1. The first-order valence-electron chi connectivity index (χ1n) is 3.94. The van der Waals surface area contributed by atoms with Crippen molar-refractivity contribution < 1.29 is 0 Å². The second kappa shape index (κ2) is 2.23. The van der Waals surface area contributed by atoms with Gasteiger partial charge >= 0.3 is 0 Å². The summed E-state index contributed by atoms with van der Waals surface area (Å²) in [6, 6.07) is 8.44. The van der Waals surface area contributed by atoms with E-state index in [0.717, 1.165) is 11.3 Å². The molecule has 0 bridgehead atoms. The Labute approximate surface area is 74.8 Å². The summed E-state index contributed by atoms with van der Waals surface area (Å²) in [7, 11) is 0. The molecule has 2 heterocycles. The minimum atomic E-state index is 1.11. The molecule has 1 aromatic carbocycles. The van der Waals surface area contributed by atoms with Crippen LogP contribution in [0.1, 0.15) is 5.56 Å². The topological polar surface area (TPSA) is 12.9 Å². The maximum atomic E-state index is 4.33. The van der Waals surface area contributed by atoms with Gasteiger partial charge in [-0.1, -0.05) is 6.07 Å². The van der Waals surface area contributed by atoms with E-state index in [1.165, 1.54) is 15.8 Å². The third-order valence-electron chi connectivity index (χ3n) is 2.20. The summed E-state index contributed by atoms with van der Waals surface area (Å²) in [5.41, 5.74) is 2.57. The number of benzene rings is 1. The van der Waals surface area contributed by atoms with Crippen LogP contribution in [0.15, 0.2) is 35.4 Å². The van der Waals surface area contributed by atoms with Gasteiger partial charge in [-0.3, -0.25) is 4.98 Å². The van der Waals surface area contributed by atoms with Crippen LogP contribution in [0.4, 0.5) is 0 Å². The number of pyridine rings is 1. The number of hydrogen-bond acceptors (Lipinski definition) is 2. The Hall–Kier alpha value is -1.02. The first-order valence-corrected chi connectivity index (χ1v) is 4.93. The Balaban J connectivity index is 2.58. The SMILES string of the molecule is c1cc2c3c(ccnc3c1)CS2. The lowest BCUT2D eigenvalue weighted by molar-refractivity contribution is 1.35. The standard InChI is InChI=1S/C10H7NS/c1-2-8-10-7(4-5-11-8)6-12-9(10)3-1/h1-5H,6H2. The quantitative estimate of drug-likeness (QED) is 0.607. The maximum absolute atomic E-state index is 4.33. The first-order chi connectivity index (χ1) is 5.95. The molecule has 12 heavy (non-hydrogen) atoms. The van der Waals surface area contributed by atoms with E-state index in [0.29, 0.717) is 0 Å². The summed E-state index contributed by atoms with van der Waals surface area (Å²) < 4.78 is 0. The molecule has 0 unspecified atom stereocenters. The van der Waals surface area contributed by atoms with Gasteiger partial charge in [0.25, 0.3) is 0 Å². The lowest BCUT2D eigenvalue weighted by Crippen LogP contribution is -1.80. The van der Waals surface area contributed by atoms with E-state index in [-0.39, 0.29) is 0 Å². The van der Waals surface area contributed by atoms with Crippen LogP contribution in [0.25, 0.3) is 10.9 Å². The van der Waals surface area contributed by atoms with Crippen molar-refractivity contribution in [3.05, 3.63) is 36.0 Å². The molecule has 3 rings (SSSR count). The number of thioether (sulfide) groups is 1. The van der Waals surface area contributed by atoms with Gasteiger partial charge < -0.3 is 0 Å². The molecule has 0 saturated carbocycles. The third kappa shape index (κ3) is 0.730. The highest BCUT2D eigenvalue weighted by molar-refractivity contribution is 7.99. The van der Waals surface area contributed by atoms with Crippen molar-refractivity contribution in [2.24, 2.45) is 0 Å². The molecule has 1 aliphatic rings. The largest absolute Gasteiger partial charge is 0.256 e. The van der Waals surface area contributed by atoms with Gasteiger partial charge in [-0.2, -0.15) is 0 Å². The molecule has 1 nitrogen and oxygen atoms in total. The molecule has 58 valence electrons. The fraction of sp³-hybridized carbons (Fsp3) is 0.100. The van der Waals surface area contributed by atoms with Crippen molar-refractivity contribution in [3.8, 4) is 0 Å². The predicted octanol–water partition coefficient (Wildman–Crippen LogP) is 2.84. The van der Waals surface area contributed by atoms with E-state index in [2.05, 4.69) is 29.2 Å². The molecule has 0 saturated heterocycles. The highest BCUT2D eigenvalue weighted by Gasteiger charge is 2.13. The number of rotatable bonds is 0. The van der Waals surface area contributed by atoms with E-state index in [1.54, 1.807) is 0 Å². The van der Waals surface area contributed by atoms with Crippen molar-refractivity contribution in [2.75, 3.05) is 0 Å². The lowest BCUT2D eigenvalue weighted by atomic mass is 10.1. The molecular formula is C10H7NS. The molecule has 1 aliphatic heterocycles. The average molecular weight is 173 g/mol. The Morgan fingerprint density at radius 3 is 3.25 bits per heavy atom. The molecule has 1 aromatic heterocycles. The highest BCUT2D eigenvalue weighted by Crippen LogP contribution is 2.38. The molecule has 0 atom stereocenters. The van der Waals surface area contributed by atoms with Crippen molar-refractivity contribution in [1.29, 1.82) is 0 Å². The van der Waals surface area contributed by atoms with Gasteiger partial charge in [0.05, 0.1) is 5.52 Å². The van der Waals surface area contributed by atoms with Gasteiger partial charge in [-0.05, 0) is 23.8 Å². The molecule has 0 amide bonds. The molecule has 0 radical (unpaired) electrons. The van der Waals surface area contributed by atoms with Crippen LogP contribution >= 0.6 is 11.8 Å². The van der Waals surface area contributed by atoms with Crippen LogP contribution in [0, 0.1) is 0 Å². The van der Waals surface area contributed by atoms with Crippen LogP contribution in [0.5, 0.6) is 0 Å². The smallest absolute Gasteiger partial charge is 0.0716 e. The zero-order valence-electron chi connectivity index (χ0n) is 6.45. The highest BCUT2D eigenvalue weighted by atomic mass is 32.2. The predicted molar refractivity (Wildman–Crippen MR) is 51.3 cm³/mol. The van der Waals surface area contributed by atoms with Gasteiger partial charge in [0, 0.05) is 22.2 Å². The van der Waals surface area contributed by atoms with Gasteiger partial charge in [-0.15, -0.1) is 11.8 Å². The van der Waals surface area contributed by atoms with E-state index in [9.17, 15) is 0 Å². The summed E-state index contributed by atoms with van der Waals surface area (Å²) in [4.78, 5) is 5.71. The van der Waals surface area contributed by atoms with E-state index >= 15 is 0 Å². The Morgan fingerprint density at radius 1 is 1.25 bits per heavy atom. The molecular weight excluding hydrogens is 166 g/mol. The molecule has 2 aromatic rings. The fourth-order valence-electron chi connectivity index (χ4n) is 1.64. The normalized spacial score (nSPS) is 14.0. The molecule has 0 fully saturated rings. The van der Waals surface area contributed by atoms with Gasteiger partial charge in [0.2, 0.25) is 0 Å². The van der Waals surface area contributed by atoms with Gasteiger partial charge in [0.15, 0.2) is 0 Å². The molecule has 0 N–H and O–H groups in total. The van der Waals surface area contributed by atoms with Gasteiger partial charge in [-0.25, -0.2) is 0 Å². The minimum absolute atomic E-state index is 1.11. The van der Waals surface area contributed by atoms with Crippen molar-refractivity contribution in [2.45, 2.75) is 10.6 Å². The third-order valence-corrected chi connectivity index (χ3v) is 3.30. The van der Waals surface area contributed by atoms with E-state index in [4.69, 9.17) is 0 Å². The lowest BCUT2D eigenvalue weighted by Gasteiger charge is -1.97. The second-order valence-corrected chi connectivity index (χ2v) is 3.93. The van der Waals surface area contributed by atoms with E-state index < -0.39 is 0 Å². The van der Waals surface area contributed by atoms with Crippen LogP contribution < -0.4 is 0 Å². The average Bonchev–Trinajstić information content (AvgIpc) is 2.52. The van der Waals surface area contributed by atoms with Crippen LogP contribution in [-0.4, -0.2) is 4.98 Å². The van der Waals surface area contributed by atoms with Gasteiger partial charge in [0.1, 0.15) is 0 Å². The minimum Gasteiger partial charge on any atom is -0.256 e. The van der Waals surface area contributed by atoms with Crippen LogP contribution in [-0.2, 0) is 5.75 Å². The zero-order valence-corrected chi connectivity index (χ0v) is 7.27. The number of nitrogens with zero attached hydrogens (tertiary/aromatic N) is 1. The summed E-state index contributed by atoms with van der Waals surface area (Å²) in [5.74, 6) is 1.11. The number of hydrogen-bond donors (Lipinski definition) is 0. The van der Waals surface area contributed by atoms with E-state index in [1.807, 2.05) is 18.0 Å². The monoisotopic (exact) mass is 173 g/mol. The summed E-state index contributed by atoms with van der Waals surface area (Å²) in [5, 5.41) is 1.37. The van der Waals surface area contributed by atoms with Crippen LogP contribution in [0.2, 0.25) is 0 Å². The Kier molecular flexibility index (Phi) is 1.21. The zero-order chi connectivity index (χ0) is 7.97. The first kappa shape index (κ1) is 6.49. The maximum Gasteiger partial charge on any atom is 0.0716 e. The van der Waals surface area contributed by atoms with Crippen molar-refractivity contribution >= 4 is 22.7 Å². The van der Waals surface area contributed by atoms with Crippen molar-refractivity contribution in [1.82, 2.24) is 4.98 Å². The van der Waals surface area contributed by atoms with Crippen LogP contribution in [0.3, 0.4) is 0 Å². The summed E-state index contributed by atoms with van der Waals surface area (Å²) in [6.07, 6.45) is 1.90. The molecule has 2 heteroatoms. The second-order valence-electron chi connectivity index (χ2n) is 2.91.